The van der Waals surface area contributed by atoms with E-state index in [1.54, 1.807) is 6.92 Å². The van der Waals surface area contributed by atoms with Crippen LogP contribution in [0.2, 0.25) is 0 Å². The van der Waals surface area contributed by atoms with Gasteiger partial charge in [-0.3, -0.25) is 14.4 Å². The number of carbonyl (C=O) groups excluding carboxylic acids is 3. The van der Waals surface area contributed by atoms with Gasteiger partial charge in [-0.05, 0) is 67.6 Å². The van der Waals surface area contributed by atoms with Crippen LogP contribution in [0.1, 0.15) is 54.1 Å². The number of piperidine rings is 2. The molecule has 0 radical (unpaired) electrons. The number of nitrogens with one attached hydrogen (secondary N) is 1. The molecule has 34 heavy (non-hydrogen) atoms. The van der Waals surface area contributed by atoms with Crippen LogP contribution in [0.5, 0.6) is 0 Å². The molecule has 2 amide bonds. The number of halogens is 4. The minimum atomic E-state index is -4.24. The average Bonchev–Trinajstić information content (AvgIpc) is 2.78. The number of rotatable bonds is 4. The molecular weight excluding hydrogens is 452 g/mol. The topological polar surface area (TPSA) is 66.5 Å². The van der Waals surface area contributed by atoms with Gasteiger partial charge in [0.1, 0.15) is 17.4 Å². The van der Waals surface area contributed by atoms with E-state index in [2.05, 4.69) is 5.32 Å². The number of ketones is 1. The summed E-state index contributed by atoms with van der Waals surface area (Å²) in [5, 5.41) is 2.45. The normalized spacial score (nSPS) is 22.5. The molecule has 4 rings (SSSR count). The minimum Gasteiger partial charge on any atom is -0.330 e. The number of benzene rings is 2. The molecule has 2 aliphatic heterocycles. The zero-order chi connectivity index (χ0) is 24.8. The van der Waals surface area contributed by atoms with Crippen LogP contribution in [0.4, 0.5) is 23.2 Å². The predicted molar refractivity (Wildman–Crippen MR) is 116 cm³/mol. The van der Waals surface area contributed by atoms with Crippen LogP contribution < -0.4 is 5.32 Å². The minimum absolute atomic E-state index is 0.00149. The summed E-state index contributed by atoms with van der Waals surface area (Å²) in [6, 6.07) is 4.92. The van der Waals surface area contributed by atoms with Crippen LogP contribution in [0, 0.1) is 24.5 Å². The molecule has 1 N–H and O–H groups in total. The molecule has 5 nitrogen and oxygen atoms in total. The molecule has 2 aliphatic rings. The average molecular weight is 476 g/mol. The first-order valence-electron chi connectivity index (χ1n) is 11.1. The van der Waals surface area contributed by atoms with Gasteiger partial charge in [-0.25, -0.2) is 8.78 Å². The third-order valence-corrected chi connectivity index (χ3v) is 6.75. The van der Waals surface area contributed by atoms with Crippen molar-refractivity contribution in [3.05, 3.63) is 64.7 Å². The smallest absolute Gasteiger partial charge is 0.330 e. The SMILES string of the molecule is Cc1cc(NC(=O)c2ccc(F)c(C(F)(F)C(=O)N3C4CCC(C)C3CC(=O)C4)c2)ccc1F. The van der Waals surface area contributed by atoms with Crippen molar-refractivity contribution in [2.24, 2.45) is 5.92 Å². The number of alkyl halides is 2. The van der Waals surface area contributed by atoms with Gasteiger partial charge in [-0.1, -0.05) is 6.92 Å². The van der Waals surface area contributed by atoms with Crippen molar-refractivity contribution >= 4 is 23.3 Å². The second kappa shape index (κ2) is 8.85. The number of nitrogens with zero attached hydrogens (tertiary/aromatic N) is 1. The molecule has 2 aromatic carbocycles. The first-order valence-corrected chi connectivity index (χ1v) is 11.1. The third kappa shape index (κ3) is 4.31. The van der Waals surface area contributed by atoms with E-state index in [1.807, 2.05) is 0 Å². The number of anilines is 1. The highest BCUT2D eigenvalue weighted by molar-refractivity contribution is 6.04. The Labute approximate surface area is 194 Å². The maximum atomic E-state index is 15.4. The number of carbonyl (C=O) groups is 3. The van der Waals surface area contributed by atoms with Crippen molar-refractivity contribution in [2.75, 3.05) is 5.32 Å². The predicted octanol–water partition coefficient (Wildman–Crippen LogP) is 4.98. The number of Topliss-reactive ketones (excluding diaryl/α,β-unsaturated/α-hetero) is 1. The molecule has 2 saturated heterocycles. The van der Waals surface area contributed by atoms with E-state index >= 15 is 8.78 Å². The van der Waals surface area contributed by atoms with Crippen LogP contribution in [-0.2, 0) is 15.5 Å². The maximum absolute atomic E-state index is 15.4. The van der Waals surface area contributed by atoms with E-state index in [9.17, 15) is 23.2 Å². The van der Waals surface area contributed by atoms with Gasteiger partial charge in [0.15, 0.2) is 0 Å². The standard InChI is InChI=1S/C25H24F4N2O3/c1-13-3-6-17-11-18(32)12-22(13)31(17)24(34)25(28,29)19-10-15(4-7-21(19)27)23(33)30-16-5-8-20(26)14(2)9-16/h4-5,7-10,13,17,22H,3,6,11-12H2,1-2H3,(H,30,33). The molecule has 0 saturated carbocycles. The van der Waals surface area contributed by atoms with Crippen molar-refractivity contribution in [3.63, 3.8) is 0 Å². The Bertz CT molecular complexity index is 1170. The summed E-state index contributed by atoms with van der Waals surface area (Å²) in [7, 11) is 0. The van der Waals surface area contributed by atoms with Gasteiger partial charge in [-0.2, -0.15) is 8.78 Å². The molecule has 3 atom stereocenters. The Balaban J connectivity index is 1.62. The molecule has 0 spiro atoms. The van der Waals surface area contributed by atoms with E-state index in [1.165, 1.54) is 19.1 Å². The van der Waals surface area contributed by atoms with E-state index in [0.29, 0.717) is 25.0 Å². The summed E-state index contributed by atoms with van der Waals surface area (Å²) in [6.07, 6.45) is 1.15. The quantitative estimate of drug-likeness (QED) is 0.634. The Morgan fingerprint density at radius 1 is 1.03 bits per heavy atom. The summed E-state index contributed by atoms with van der Waals surface area (Å²) in [4.78, 5) is 38.7. The third-order valence-electron chi connectivity index (χ3n) is 6.75. The van der Waals surface area contributed by atoms with Gasteiger partial charge in [0.2, 0.25) is 0 Å². The van der Waals surface area contributed by atoms with Crippen LogP contribution >= 0.6 is 0 Å². The number of amides is 2. The summed E-state index contributed by atoms with van der Waals surface area (Å²) >= 11 is 0. The highest BCUT2D eigenvalue weighted by Crippen LogP contribution is 2.41. The molecule has 2 bridgehead atoms. The lowest BCUT2D eigenvalue weighted by atomic mass is 9.77. The number of fused-ring (bicyclic) bond motifs is 2. The lowest BCUT2D eigenvalue weighted by molar-refractivity contribution is -0.172. The number of hydrogen-bond donors (Lipinski definition) is 1. The van der Waals surface area contributed by atoms with E-state index < -0.39 is 47.0 Å². The molecule has 9 heteroatoms. The Kier molecular flexibility index (Phi) is 6.22. The summed E-state index contributed by atoms with van der Waals surface area (Å²) in [5.41, 5.74) is -0.983. The largest absolute Gasteiger partial charge is 0.352 e. The monoisotopic (exact) mass is 476 g/mol. The molecule has 0 aromatic heterocycles. The van der Waals surface area contributed by atoms with Gasteiger partial charge in [-0.15, -0.1) is 0 Å². The summed E-state index contributed by atoms with van der Waals surface area (Å²) < 4.78 is 58.8. The van der Waals surface area contributed by atoms with Gasteiger partial charge >= 0.3 is 5.92 Å². The summed E-state index contributed by atoms with van der Waals surface area (Å²) in [6.45, 7) is 3.30. The zero-order valence-corrected chi connectivity index (χ0v) is 18.7. The lowest BCUT2D eigenvalue weighted by Gasteiger charge is -2.49. The van der Waals surface area contributed by atoms with Crippen molar-refractivity contribution in [3.8, 4) is 0 Å². The molecular formula is C25H24F4N2O3. The van der Waals surface area contributed by atoms with Crippen molar-refractivity contribution in [2.45, 2.75) is 57.5 Å². The van der Waals surface area contributed by atoms with Crippen LogP contribution in [0.25, 0.3) is 0 Å². The molecule has 0 aliphatic carbocycles. The summed E-state index contributed by atoms with van der Waals surface area (Å²) in [5.74, 6) is -8.62. The Morgan fingerprint density at radius 3 is 2.44 bits per heavy atom. The van der Waals surface area contributed by atoms with Crippen LogP contribution in [-0.4, -0.2) is 34.6 Å². The number of hydrogen-bond acceptors (Lipinski definition) is 3. The second-order valence-electron chi connectivity index (χ2n) is 9.12. The highest BCUT2D eigenvalue weighted by Gasteiger charge is 2.53. The lowest BCUT2D eigenvalue weighted by Crippen LogP contribution is -2.60. The Morgan fingerprint density at radius 2 is 1.74 bits per heavy atom. The molecule has 3 unspecified atom stereocenters. The van der Waals surface area contributed by atoms with Gasteiger partial charge in [0.05, 0.1) is 5.56 Å². The Hall–Kier alpha value is -3.23. The fourth-order valence-electron chi connectivity index (χ4n) is 4.84. The van der Waals surface area contributed by atoms with E-state index in [0.717, 1.165) is 17.0 Å². The molecule has 2 heterocycles. The van der Waals surface area contributed by atoms with Crippen molar-refractivity contribution < 1.29 is 31.9 Å². The van der Waals surface area contributed by atoms with Gasteiger partial charge in [0.25, 0.3) is 11.8 Å². The fraction of sp³-hybridized carbons (Fsp3) is 0.400. The molecule has 2 aromatic rings. The van der Waals surface area contributed by atoms with E-state index in [-0.39, 0.29) is 41.4 Å². The second-order valence-corrected chi connectivity index (χ2v) is 9.12. The first-order chi connectivity index (χ1) is 16.0. The molecule has 2 fully saturated rings. The van der Waals surface area contributed by atoms with Gasteiger partial charge < -0.3 is 10.2 Å². The van der Waals surface area contributed by atoms with Crippen LogP contribution in [0.15, 0.2) is 36.4 Å². The van der Waals surface area contributed by atoms with Crippen LogP contribution in [0.3, 0.4) is 0 Å². The van der Waals surface area contributed by atoms with Crippen molar-refractivity contribution in [1.29, 1.82) is 0 Å². The van der Waals surface area contributed by atoms with Gasteiger partial charge in [0, 0.05) is 36.2 Å². The fourth-order valence-corrected chi connectivity index (χ4v) is 4.84. The van der Waals surface area contributed by atoms with E-state index in [4.69, 9.17) is 0 Å². The molecule has 180 valence electrons. The van der Waals surface area contributed by atoms with Crippen molar-refractivity contribution in [1.82, 2.24) is 4.90 Å². The first kappa shape index (κ1) is 23.9. The maximum Gasteiger partial charge on any atom is 0.352 e. The zero-order valence-electron chi connectivity index (χ0n) is 18.7. The highest BCUT2D eigenvalue weighted by atomic mass is 19.3. The number of aryl methyl sites for hydroxylation is 1.